The molecule has 2 aliphatic rings. The first-order valence-corrected chi connectivity index (χ1v) is 8.79. The maximum absolute atomic E-state index is 12.5. The van der Waals surface area contributed by atoms with E-state index in [1.807, 2.05) is 22.0 Å². The number of rotatable bonds is 4. The van der Waals surface area contributed by atoms with Crippen LogP contribution in [-0.2, 0) is 16.1 Å². The third-order valence-corrected chi connectivity index (χ3v) is 4.99. The molecule has 1 amide bonds. The van der Waals surface area contributed by atoms with Crippen molar-refractivity contribution >= 4 is 5.91 Å². The second-order valence-electron chi connectivity index (χ2n) is 6.79. The van der Waals surface area contributed by atoms with Crippen molar-refractivity contribution in [1.29, 1.82) is 0 Å². The molecule has 2 fully saturated rings. The topological polar surface area (TPSA) is 50.6 Å². The van der Waals surface area contributed by atoms with Crippen molar-refractivity contribution in [1.82, 2.24) is 19.6 Å². The number of carbonyl (C=O) groups is 1. The molecule has 6 heteroatoms. The summed E-state index contributed by atoms with van der Waals surface area (Å²) in [6.07, 6.45) is 6.22. The van der Waals surface area contributed by atoms with Gasteiger partial charge >= 0.3 is 0 Å². The molecule has 0 aliphatic carbocycles. The Morgan fingerprint density at radius 1 is 1.35 bits per heavy atom. The minimum atomic E-state index is 0.0261. The lowest BCUT2D eigenvalue weighted by Crippen LogP contribution is -2.47. The molecule has 2 saturated heterocycles. The van der Waals surface area contributed by atoms with E-state index >= 15 is 0 Å². The lowest BCUT2D eigenvalue weighted by Gasteiger charge is -2.35. The summed E-state index contributed by atoms with van der Waals surface area (Å²) < 4.78 is 7.79. The van der Waals surface area contributed by atoms with Crippen LogP contribution >= 0.6 is 0 Å². The molecule has 0 aromatic carbocycles. The Morgan fingerprint density at radius 2 is 2.13 bits per heavy atom. The van der Waals surface area contributed by atoms with Gasteiger partial charge in [-0.15, -0.1) is 0 Å². The Bertz CT molecular complexity index is 522. The van der Waals surface area contributed by atoms with Gasteiger partial charge in [0.25, 0.3) is 0 Å². The maximum Gasteiger partial charge on any atom is 0.236 e. The number of hydrogen-bond donors (Lipinski definition) is 0. The fourth-order valence-electron chi connectivity index (χ4n) is 3.32. The molecule has 0 bridgehead atoms. The molecular formula is C17H28N4O2. The van der Waals surface area contributed by atoms with Crippen molar-refractivity contribution in [2.45, 2.75) is 39.3 Å². The summed E-state index contributed by atoms with van der Waals surface area (Å²) in [5.41, 5.74) is 1.11. The predicted octanol–water partition coefficient (Wildman–Crippen LogP) is 1.53. The first-order valence-electron chi connectivity index (χ1n) is 8.79. The lowest BCUT2D eigenvalue weighted by atomic mass is 9.99. The van der Waals surface area contributed by atoms with E-state index in [1.165, 1.54) is 0 Å². The molecule has 0 saturated carbocycles. The Balaban J connectivity index is 1.53. The van der Waals surface area contributed by atoms with Crippen LogP contribution in [0.5, 0.6) is 0 Å². The van der Waals surface area contributed by atoms with E-state index in [4.69, 9.17) is 4.74 Å². The second-order valence-corrected chi connectivity index (χ2v) is 6.79. The number of nitrogens with zero attached hydrogens (tertiary/aromatic N) is 4. The second kappa shape index (κ2) is 7.45. The van der Waals surface area contributed by atoms with Gasteiger partial charge in [-0.1, -0.05) is 6.92 Å². The molecule has 0 unspecified atom stereocenters. The molecule has 3 rings (SSSR count). The first-order chi connectivity index (χ1) is 11.2. The van der Waals surface area contributed by atoms with Crippen LogP contribution in [0.15, 0.2) is 12.4 Å². The average molecular weight is 320 g/mol. The molecule has 1 aromatic heterocycles. The number of likely N-dealkylation sites (tertiary alicyclic amines) is 1. The van der Waals surface area contributed by atoms with E-state index in [2.05, 4.69) is 23.8 Å². The Kier molecular flexibility index (Phi) is 5.33. The zero-order valence-electron chi connectivity index (χ0n) is 14.3. The smallest absolute Gasteiger partial charge is 0.236 e. The number of aromatic nitrogens is 2. The van der Waals surface area contributed by atoms with Crippen LogP contribution in [0.3, 0.4) is 0 Å². The summed E-state index contributed by atoms with van der Waals surface area (Å²) in [5, 5.41) is 4.32. The molecule has 0 radical (unpaired) electrons. The van der Waals surface area contributed by atoms with Crippen LogP contribution in [0.1, 0.15) is 38.4 Å². The first kappa shape index (κ1) is 16.5. The highest BCUT2D eigenvalue weighted by Crippen LogP contribution is 2.22. The zero-order valence-corrected chi connectivity index (χ0v) is 14.3. The van der Waals surface area contributed by atoms with Gasteiger partial charge in [-0.3, -0.25) is 14.4 Å². The monoisotopic (exact) mass is 320 g/mol. The van der Waals surface area contributed by atoms with Crippen LogP contribution in [0.4, 0.5) is 0 Å². The number of amides is 1. The number of piperidine rings is 1. The lowest BCUT2D eigenvalue weighted by molar-refractivity contribution is -0.135. The van der Waals surface area contributed by atoms with E-state index in [-0.39, 0.29) is 12.0 Å². The summed E-state index contributed by atoms with van der Waals surface area (Å²) in [5.74, 6) is 1.02. The van der Waals surface area contributed by atoms with Gasteiger partial charge in [0.1, 0.15) is 0 Å². The highest BCUT2D eigenvalue weighted by Gasteiger charge is 2.27. The number of morpholine rings is 1. The van der Waals surface area contributed by atoms with Crippen LogP contribution in [0, 0.1) is 5.92 Å². The van der Waals surface area contributed by atoms with Gasteiger partial charge in [0.05, 0.1) is 25.5 Å². The summed E-state index contributed by atoms with van der Waals surface area (Å²) in [4.78, 5) is 16.7. The molecule has 1 atom stereocenters. The van der Waals surface area contributed by atoms with E-state index in [9.17, 15) is 4.79 Å². The highest BCUT2D eigenvalue weighted by molar-refractivity contribution is 5.78. The molecule has 2 aliphatic heterocycles. The van der Waals surface area contributed by atoms with Crippen LogP contribution in [-0.4, -0.2) is 64.8 Å². The Labute approximate surface area is 138 Å². The molecule has 3 heterocycles. The molecule has 6 nitrogen and oxygen atoms in total. The quantitative estimate of drug-likeness (QED) is 0.844. The third kappa shape index (κ3) is 4.12. The minimum Gasteiger partial charge on any atom is -0.371 e. The molecule has 23 heavy (non-hydrogen) atoms. The standard InChI is InChI=1S/C17H28N4O2/c1-3-21-11-15(10-18-21)16-12-19(8-9-23-16)13-17(22)20-6-4-14(2)5-7-20/h10-11,14,16H,3-9,12-13H2,1-2H3/t16-/m1/s1. The predicted molar refractivity (Wildman–Crippen MR) is 88.0 cm³/mol. The number of hydrogen-bond acceptors (Lipinski definition) is 4. The minimum absolute atomic E-state index is 0.0261. The third-order valence-electron chi connectivity index (χ3n) is 4.99. The summed E-state index contributed by atoms with van der Waals surface area (Å²) in [6.45, 7) is 9.81. The van der Waals surface area contributed by atoms with Crippen LogP contribution in [0.25, 0.3) is 0 Å². The normalized spacial score (nSPS) is 24.1. The summed E-state index contributed by atoms with van der Waals surface area (Å²) in [6, 6.07) is 0. The van der Waals surface area contributed by atoms with Crippen molar-refractivity contribution in [2.24, 2.45) is 5.92 Å². The van der Waals surface area contributed by atoms with E-state index < -0.39 is 0 Å². The van der Waals surface area contributed by atoms with Crippen molar-refractivity contribution in [3.63, 3.8) is 0 Å². The summed E-state index contributed by atoms with van der Waals surface area (Å²) >= 11 is 0. The Morgan fingerprint density at radius 3 is 2.83 bits per heavy atom. The van der Waals surface area contributed by atoms with Gasteiger partial charge in [-0.25, -0.2) is 0 Å². The van der Waals surface area contributed by atoms with E-state index in [0.29, 0.717) is 13.2 Å². The van der Waals surface area contributed by atoms with Gasteiger partial charge in [0.15, 0.2) is 0 Å². The SMILES string of the molecule is CCn1cc([C@H]2CN(CC(=O)N3CCC(C)CC3)CCO2)cn1. The van der Waals surface area contributed by atoms with Gasteiger partial charge < -0.3 is 9.64 Å². The number of ether oxygens (including phenoxy) is 1. The van der Waals surface area contributed by atoms with Crippen molar-refractivity contribution in [2.75, 3.05) is 39.3 Å². The fourth-order valence-corrected chi connectivity index (χ4v) is 3.32. The van der Waals surface area contributed by atoms with Gasteiger partial charge in [-0.05, 0) is 25.7 Å². The Hall–Kier alpha value is -1.40. The maximum atomic E-state index is 12.5. The highest BCUT2D eigenvalue weighted by atomic mass is 16.5. The van der Waals surface area contributed by atoms with E-state index in [0.717, 1.165) is 57.0 Å². The van der Waals surface area contributed by atoms with Gasteiger partial charge in [0, 0.05) is 44.5 Å². The molecule has 128 valence electrons. The molecular weight excluding hydrogens is 292 g/mol. The fraction of sp³-hybridized carbons (Fsp3) is 0.765. The molecule has 1 aromatic rings. The van der Waals surface area contributed by atoms with Gasteiger partial charge in [-0.2, -0.15) is 5.10 Å². The zero-order chi connectivity index (χ0) is 16.2. The van der Waals surface area contributed by atoms with Crippen molar-refractivity contribution in [3.8, 4) is 0 Å². The van der Waals surface area contributed by atoms with E-state index in [1.54, 1.807) is 0 Å². The van der Waals surface area contributed by atoms with Crippen LogP contribution in [0.2, 0.25) is 0 Å². The average Bonchev–Trinajstić information content (AvgIpc) is 3.05. The van der Waals surface area contributed by atoms with Crippen molar-refractivity contribution < 1.29 is 9.53 Å². The molecule has 0 N–H and O–H groups in total. The molecule has 0 spiro atoms. The van der Waals surface area contributed by atoms with Crippen molar-refractivity contribution in [3.05, 3.63) is 18.0 Å². The summed E-state index contributed by atoms with van der Waals surface area (Å²) in [7, 11) is 0. The van der Waals surface area contributed by atoms with Gasteiger partial charge in [0.2, 0.25) is 5.91 Å². The number of aryl methyl sites for hydroxylation is 1. The van der Waals surface area contributed by atoms with Crippen LogP contribution < -0.4 is 0 Å². The number of carbonyl (C=O) groups excluding carboxylic acids is 1. The largest absolute Gasteiger partial charge is 0.371 e.